The third-order valence-corrected chi connectivity index (χ3v) is 7.25. The summed E-state index contributed by atoms with van der Waals surface area (Å²) in [5.74, 6) is 0.600. The van der Waals surface area contributed by atoms with Crippen molar-refractivity contribution in [1.29, 1.82) is 0 Å². The Bertz CT molecular complexity index is 865. The minimum Gasteiger partial charge on any atom is -0.453 e. The van der Waals surface area contributed by atoms with Crippen molar-refractivity contribution in [2.45, 2.75) is 62.5 Å². The Morgan fingerprint density at radius 3 is 2.55 bits per heavy atom. The lowest BCUT2D eigenvalue weighted by Gasteiger charge is -2.41. The summed E-state index contributed by atoms with van der Waals surface area (Å²) in [6, 6.07) is 8.05. The maximum Gasteiger partial charge on any atom is 0.409 e. The lowest BCUT2D eigenvalue weighted by atomic mass is 9.82. The molecule has 0 radical (unpaired) electrons. The molecule has 1 aromatic carbocycles. The lowest BCUT2D eigenvalue weighted by molar-refractivity contribution is -0.0242. The number of carbonyl (C=O) groups excluding carboxylic acids is 1. The van der Waals surface area contributed by atoms with Crippen LogP contribution in [0.4, 0.5) is 4.79 Å². The van der Waals surface area contributed by atoms with E-state index in [0.717, 1.165) is 49.2 Å². The molecular weight excluding hydrogens is 437 g/mol. The number of likely N-dealkylation sites (tertiary alicyclic amines) is 1. The first-order chi connectivity index (χ1) is 15.1. The van der Waals surface area contributed by atoms with Crippen molar-refractivity contribution in [3.05, 3.63) is 51.8 Å². The molecule has 2 aliphatic rings. The Balaban J connectivity index is 1.39. The first-order valence-electron chi connectivity index (χ1n) is 11.0. The van der Waals surface area contributed by atoms with Crippen molar-refractivity contribution >= 4 is 29.3 Å². The fourth-order valence-electron chi connectivity index (χ4n) is 5.02. The van der Waals surface area contributed by atoms with Gasteiger partial charge in [0.2, 0.25) is 0 Å². The number of hydrogen-bond acceptors (Lipinski definition) is 4. The largest absolute Gasteiger partial charge is 0.453 e. The van der Waals surface area contributed by atoms with Gasteiger partial charge >= 0.3 is 6.09 Å². The van der Waals surface area contributed by atoms with Crippen LogP contribution in [0.25, 0.3) is 0 Å². The number of aromatic nitrogens is 2. The molecule has 6 nitrogen and oxygen atoms in total. The Hall–Kier alpha value is -1.76. The highest BCUT2D eigenvalue weighted by atomic mass is 35.5. The van der Waals surface area contributed by atoms with E-state index in [4.69, 9.17) is 32.7 Å². The molecule has 1 unspecified atom stereocenters. The molecule has 168 valence electrons. The molecule has 8 heteroatoms. The van der Waals surface area contributed by atoms with Gasteiger partial charge in [-0.05, 0) is 62.1 Å². The molecule has 1 amide bonds. The minimum absolute atomic E-state index is 0.0493. The van der Waals surface area contributed by atoms with Crippen LogP contribution >= 0.6 is 23.2 Å². The van der Waals surface area contributed by atoms with Crippen LogP contribution in [0.3, 0.4) is 0 Å². The Kier molecular flexibility index (Phi) is 7.41. The molecule has 2 fully saturated rings. The number of rotatable bonds is 5. The highest BCUT2D eigenvalue weighted by Crippen LogP contribution is 2.38. The van der Waals surface area contributed by atoms with E-state index < -0.39 is 0 Å². The van der Waals surface area contributed by atoms with E-state index in [9.17, 15) is 4.79 Å². The second kappa shape index (κ2) is 10.2. The zero-order valence-electron chi connectivity index (χ0n) is 17.7. The second-order valence-corrected chi connectivity index (χ2v) is 9.31. The third-order valence-electron chi connectivity index (χ3n) is 6.70. The van der Waals surface area contributed by atoms with Crippen LogP contribution in [0.2, 0.25) is 10.0 Å². The van der Waals surface area contributed by atoms with Gasteiger partial charge in [-0.2, -0.15) is 5.10 Å². The summed E-state index contributed by atoms with van der Waals surface area (Å²) in [6.07, 6.45) is 7.50. The van der Waals surface area contributed by atoms with Crippen LogP contribution in [0.1, 0.15) is 61.6 Å². The lowest BCUT2D eigenvalue weighted by Crippen LogP contribution is -2.50. The quantitative estimate of drug-likeness (QED) is 0.607. The second-order valence-electron chi connectivity index (χ2n) is 8.47. The summed E-state index contributed by atoms with van der Waals surface area (Å²) in [4.78, 5) is 14.2. The van der Waals surface area contributed by atoms with Crippen LogP contribution in [0, 0.1) is 0 Å². The van der Waals surface area contributed by atoms with Crippen molar-refractivity contribution in [2.24, 2.45) is 0 Å². The molecule has 1 aromatic heterocycles. The van der Waals surface area contributed by atoms with Gasteiger partial charge in [0.25, 0.3) is 0 Å². The number of amides is 1. The Morgan fingerprint density at radius 1 is 1.16 bits per heavy atom. The standard InChI is InChI=1S/C23H29Cl2N3O3/c1-30-23(29)28-12-2-3-19(22-20(25)13-26-27-22)21(28)14-31-18-10-6-16(7-11-18)15-4-8-17(24)9-5-15/h4-5,8-9,13,16,18-19,21H,2-3,6-7,10-12,14H2,1H3,(H,26,27)/t16?,18?,19?,21-/m0/s1. The monoisotopic (exact) mass is 465 g/mol. The van der Waals surface area contributed by atoms with Crippen LogP contribution in [-0.2, 0) is 9.47 Å². The topological polar surface area (TPSA) is 67.5 Å². The maximum absolute atomic E-state index is 12.4. The molecule has 2 heterocycles. The summed E-state index contributed by atoms with van der Waals surface area (Å²) in [5.41, 5.74) is 2.22. The van der Waals surface area contributed by atoms with Crippen molar-refractivity contribution in [3.8, 4) is 0 Å². The molecule has 0 bridgehead atoms. The molecule has 0 spiro atoms. The van der Waals surface area contributed by atoms with Gasteiger partial charge in [-0.3, -0.25) is 5.10 Å². The normalized spacial score (nSPS) is 26.6. The van der Waals surface area contributed by atoms with Gasteiger partial charge in [0.05, 0.1) is 42.8 Å². The number of piperidine rings is 1. The number of H-pyrrole nitrogens is 1. The third kappa shape index (κ3) is 5.18. The molecule has 31 heavy (non-hydrogen) atoms. The first kappa shape index (κ1) is 22.4. The highest BCUT2D eigenvalue weighted by Gasteiger charge is 2.38. The van der Waals surface area contributed by atoms with Crippen molar-refractivity contribution in [3.63, 3.8) is 0 Å². The van der Waals surface area contributed by atoms with Gasteiger partial charge in [-0.1, -0.05) is 35.3 Å². The summed E-state index contributed by atoms with van der Waals surface area (Å²) in [7, 11) is 1.42. The number of nitrogens with zero attached hydrogens (tertiary/aromatic N) is 2. The Labute approximate surface area is 193 Å². The van der Waals surface area contributed by atoms with Crippen LogP contribution in [-0.4, -0.2) is 53.6 Å². The number of hydrogen-bond donors (Lipinski definition) is 1. The van der Waals surface area contributed by atoms with Crippen LogP contribution < -0.4 is 0 Å². The molecule has 1 aliphatic carbocycles. The van der Waals surface area contributed by atoms with Gasteiger partial charge < -0.3 is 14.4 Å². The highest BCUT2D eigenvalue weighted by molar-refractivity contribution is 6.31. The van der Waals surface area contributed by atoms with Crippen LogP contribution in [0.5, 0.6) is 0 Å². The predicted octanol–water partition coefficient (Wildman–Crippen LogP) is 5.77. The van der Waals surface area contributed by atoms with E-state index in [0.29, 0.717) is 24.1 Å². The molecule has 1 aliphatic heterocycles. The molecular formula is C23H29Cl2N3O3. The number of ether oxygens (including phenoxy) is 2. The maximum atomic E-state index is 12.4. The van der Waals surface area contributed by atoms with Gasteiger partial charge in [0.15, 0.2) is 0 Å². The van der Waals surface area contributed by atoms with E-state index in [-0.39, 0.29) is 24.2 Å². The molecule has 1 saturated heterocycles. The minimum atomic E-state index is -0.319. The molecule has 2 atom stereocenters. The van der Waals surface area contributed by atoms with Crippen LogP contribution in [0.15, 0.2) is 30.5 Å². The van der Waals surface area contributed by atoms with Gasteiger partial charge in [-0.15, -0.1) is 0 Å². The fraction of sp³-hybridized carbons (Fsp3) is 0.565. The van der Waals surface area contributed by atoms with Gasteiger partial charge in [-0.25, -0.2) is 4.79 Å². The summed E-state index contributed by atoms with van der Waals surface area (Å²) >= 11 is 12.4. The predicted molar refractivity (Wildman–Crippen MR) is 121 cm³/mol. The van der Waals surface area contributed by atoms with Crippen molar-refractivity contribution in [1.82, 2.24) is 15.1 Å². The number of aromatic amines is 1. The molecule has 2 aromatic rings. The van der Waals surface area contributed by atoms with Crippen molar-refractivity contribution < 1.29 is 14.3 Å². The number of nitrogens with one attached hydrogen (secondary N) is 1. The van der Waals surface area contributed by atoms with E-state index in [1.165, 1.54) is 12.7 Å². The number of benzene rings is 1. The Morgan fingerprint density at radius 2 is 1.90 bits per heavy atom. The number of halogens is 2. The fourth-order valence-corrected chi connectivity index (χ4v) is 5.37. The van der Waals surface area contributed by atoms with E-state index >= 15 is 0 Å². The molecule has 1 saturated carbocycles. The number of carbonyl (C=O) groups is 1. The van der Waals surface area contributed by atoms with E-state index in [1.807, 2.05) is 12.1 Å². The van der Waals surface area contributed by atoms with Gasteiger partial charge in [0, 0.05) is 17.5 Å². The zero-order valence-corrected chi connectivity index (χ0v) is 19.2. The van der Waals surface area contributed by atoms with Gasteiger partial charge in [0.1, 0.15) is 0 Å². The summed E-state index contributed by atoms with van der Waals surface area (Å²) in [5, 5.41) is 8.47. The molecule has 1 N–H and O–H groups in total. The summed E-state index contributed by atoms with van der Waals surface area (Å²) in [6.45, 7) is 1.12. The van der Waals surface area contributed by atoms with E-state index in [1.54, 1.807) is 11.1 Å². The average molecular weight is 466 g/mol. The zero-order chi connectivity index (χ0) is 21.8. The van der Waals surface area contributed by atoms with Crippen molar-refractivity contribution in [2.75, 3.05) is 20.3 Å². The number of methoxy groups -OCH3 is 1. The average Bonchev–Trinajstić information content (AvgIpc) is 3.23. The summed E-state index contributed by atoms with van der Waals surface area (Å²) < 4.78 is 11.4. The first-order valence-corrected chi connectivity index (χ1v) is 11.7. The SMILES string of the molecule is COC(=O)N1CCCC(c2[nH]ncc2Cl)[C@@H]1COC1CCC(c2ccc(Cl)cc2)CC1. The smallest absolute Gasteiger partial charge is 0.409 e. The molecule has 4 rings (SSSR count). The van der Waals surface area contributed by atoms with E-state index in [2.05, 4.69) is 22.3 Å².